The molecule has 1 saturated heterocycles. The minimum atomic E-state index is -0.602. The summed E-state index contributed by atoms with van der Waals surface area (Å²) >= 11 is 0. The van der Waals surface area contributed by atoms with Crippen LogP contribution in [0.25, 0.3) is 0 Å². The maximum atomic E-state index is 10.0. The molecular formula is C11H15NO3. The molecular weight excluding hydrogens is 194 g/mol. The van der Waals surface area contributed by atoms with Gasteiger partial charge in [0, 0.05) is 18.4 Å². The summed E-state index contributed by atoms with van der Waals surface area (Å²) in [5.74, 6) is 0.657. The normalized spacial score (nSPS) is 22.7. The maximum Gasteiger partial charge on any atom is 0.137 e. The first-order chi connectivity index (χ1) is 7.31. The van der Waals surface area contributed by atoms with Gasteiger partial charge in [0.1, 0.15) is 11.9 Å². The van der Waals surface area contributed by atoms with Gasteiger partial charge in [-0.1, -0.05) is 0 Å². The highest BCUT2D eigenvalue weighted by molar-refractivity contribution is 5.25. The molecule has 0 saturated carbocycles. The number of aliphatic hydroxyl groups excluding tert-OH is 1. The van der Waals surface area contributed by atoms with Crippen molar-refractivity contribution in [1.29, 1.82) is 0 Å². The Morgan fingerprint density at radius 3 is 3.13 bits per heavy atom. The second-order valence-electron chi connectivity index (χ2n) is 3.65. The molecule has 1 aliphatic rings. The van der Waals surface area contributed by atoms with E-state index in [1.165, 1.54) is 0 Å². The van der Waals surface area contributed by atoms with Gasteiger partial charge in [0.05, 0.1) is 19.4 Å². The van der Waals surface area contributed by atoms with Crippen LogP contribution in [0.4, 0.5) is 0 Å². The minimum absolute atomic E-state index is 0.0982. The summed E-state index contributed by atoms with van der Waals surface area (Å²) in [5.41, 5.74) is 0.751. The van der Waals surface area contributed by atoms with E-state index >= 15 is 0 Å². The smallest absolute Gasteiger partial charge is 0.137 e. The topological polar surface area (TPSA) is 51.6 Å². The Labute approximate surface area is 88.9 Å². The molecule has 1 fully saturated rings. The van der Waals surface area contributed by atoms with Gasteiger partial charge in [0.15, 0.2) is 0 Å². The molecule has 0 radical (unpaired) electrons. The molecule has 1 aromatic heterocycles. The highest BCUT2D eigenvalue weighted by Crippen LogP contribution is 2.27. The van der Waals surface area contributed by atoms with Crippen molar-refractivity contribution in [1.82, 2.24) is 4.98 Å². The third kappa shape index (κ3) is 2.27. The summed E-state index contributed by atoms with van der Waals surface area (Å²) in [6, 6.07) is 1.79. The number of aliphatic hydroxyl groups is 1. The van der Waals surface area contributed by atoms with Gasteiger partial charge in [-0.15, -0.1) is 0 Å². The molecule has 0 aliphatic carbocycles. The van der Waals surface area contributed by atoms with Crippen LogP contribution in [0.3, 0.4) is 0 Å². The fraction of sp³-hybridized carbons (Fsp3) is 0.545. The molecule has 1 aliphatic heterocycles. The molecule has 1 N–H and O–H groups in total. The van der Waals surface area contributed by atoms with Crippen molar-refractivity contribution in [2.75, 3.05) is 13.7 Å². The molecule has 4 heteroatoms. The summed E-state index contributed by atoms with van der Waals surface area (Å²) in [6.07, 6.45) is 4.48. The zero-order chi connectivity index (χ0) is 10.7. The number of hydrogen-bond acceptors (Lipinski definition) is 4. The SMILES string of the molecule is COc1cncc(C(O)C2CCCO2)c1. The highest BCUT2D eigenvalue weighted by atomic mass is 16.5. The second kappa shape index (κ2) is 4.59. The number of pyridine rings is 1. The molecule has 0 bridgehead atoms. The fourth-order valence-electron chi connectivity index (χ4n) is 1.78. The van der Waals surface area contributed by atoms with E-state index in [1.54, 1.807) is 25.6 Å². The number of hydrogen-bond donors (Lipinski definition) is 1. The Morgan fingerprint density at radius 2 is 2.47 bits per heavy atom. The van der Waals surface area contributed by atoms with Crippen molar-refractivity contribution < 1.29 is 14.6 Å². The Kier molecular flexibility index (Phi) is 3.18. The van der Waals surface area contributed by atoms with Crippen molar-refractivity contribution in [3.8, 4) is 5.75 Å². The van der Waals surface area contributed by atoms with Crippen LogP contribution in [-0.4, -0.2) is 29.9 Å². The zero-order valence-corrected chi connectivity index (χ0v) is 8.72. The third-order valence-corrected chi connectivity index (χ3v) is 2.63. The molecule has 2 atom stereocenters. The van der Waals surface area contributed by atoms with Crippen LogP contribution in [0.5, 0.6) is 5.75 Å². The molecule has 1 aromatic rings. The Morgan fingerprint density at radius 1 is 1.60 bits per heavy atom. The second-order valence-corrected chi connectivity index (χ2v) is 3.65. The van der Waals surface area contributed by atoms with Crippen molar-refractivity contribution in [2.45, 2.75) is 25.0 Å². The average molecular weight is 209 g/mol. The Hall–Kier alpha value is -1.13. The molecule has 2 rings (SSSR count). The van der Waals surface area contributed by atoms with Crippen molar-refractivity contribution in [2.24, 2.45) is 0 Å². The molecule has 0 amide bonds. The molecule has 82 valence electrons. The lowest BCUT2D eigenvalue weighted by atomic mass is 10.0. The fourth-order valence-corrected chi connectivity index (χ4v) is 1.78. The predicted octanol–water partition coefficient (Wildman–Crippen LogP) is 1.30. The molecule has 0 spiro atoms. The van der Waals surface area contributed by atoms with E-state index in [1.807, 2.05) is 0 Å². The third-order valence-electron chi connectivity index (χ3n) is 2.63. The van der Waals surface area contributed by atoms with Gasteiger partial charge in [-0.25, -0.2) is 0 Å². The largest absolute Gasteiger partial charge is 0.495 e. The minimum Gasteiger partial charge on any atom is -0.495 e. The molecule has 2 heterocycles. The van der Waals surface area contributed by atoms with E-state index in [-0.39, 0.29) is 6.10 Å². The average Bonchev–Trinajstić information content (AvgIpc) is 2.81. The van der Waals surface area contributed by atoms with Crippen LogP contribution in [0, 0.1) is 0 Å². The van der Waals surface area contributed by atoms with Crippen molar-refractivity contribution in [3.05, 3.63) is 24.0 Å². The molecule has 2 unspecified atom stereocenters. The van der Waals surface area contributed by atoms with Crippen LogP contribution in [0.2, 0.25) is 0 Å². The Bertz CT molecular complexity index is 323. The van der Waals surface area contributed by atoms with Gasteiger partial charge in [-0.2, -0.15) is 0 Å². The predicted molar refractivity (Wildman–Crippen MR) is 54.7 cm³/mol. The lowest BCUT2D eigenvalue weighted by Crippen LogP contribution is -2.17. The van der Waals surface area contributed by atoms with E-state index in [0.29, 0.717) is 5.75 Å². The van der Waals surface area contributed by atoms with Crippen LogP contribution in [0.15, 0.2) is 18.5 Å². The van der Waals surface area contributed by atoms with E-state index < -0.39 is 6.10 Å². The van der Waals surface area contributed by atoms with Crippen LogP contribution in [0.1, 0.15) is 24.5 Å². The lowest BCUT2D eigenvalue weighted by molar-refractivity contribution is -0.00283. The Balaban J connectivity index is 2.13. The van der Waals surface area contributed by atoms with Crippen LogP contribution < -0.4 is 4.74 Å². The first kappa shape index (κ1) is 10.4. The van der Waals surface area contributed by atoms with E-state index in [0.717, 1.165) is 25.0 Å². The molecule has 0 aromatic carbocycles. The number of aromatic nitrogens is 1. The number of nitrogens with zero attached hydrogens (tertiary/aromatic N) is 1. The van der Waals surface area contributed by atoms with Gasteiger partial charge in [0.25, 0.3) is 0 Å². The monoisotopic (exact) mass is 209 g/mol. The van der Waals surface area contributed by atoms with Gasteiger partial charge >= 0.3 is 0 Å². The number of methoxy groups -OCH3 is 1. The molecule has 15 heavy (non-hydrogen) atoms. The van der Waals surface area contributed by atoms with Crippen LogP contribution in [-0.2, 0) is 4.74 Å². The highest BCUT2D eigenvalue weighted by Gasteiger charge is 2.25. The first-order valence-electron chi connectivity index (χ1n) is 5.10. The summed E-state index contributed by atoms with van der Waals surface area (Å²) in [7, 11) is 1.58. The van der Waals surface area contributed by atoms with Crippen LogP contribution >= 0.6 is 0 Å². The number of rotatable bonds is 3. The zero-order valence-electron chi connectivity index (χ0n) is 8.72. The first-order valence-corrected chi connectivity index (χ1v) is 5.10. The van der Waals surface area contributed by atoms with E-state index in [2.05, 4.69) is 4.98 Å². The summed E-state index contributed by atoms with van der Waals surface area (Å²) in [6.45, 7) is 0.735. The van der Waals surface area contributed by atoms with Crippen molar-refractivity contribution >= 4 is 0 Å². The summed E-state index contributed by atoms with van der Waals surface area (Å²) in [5, 5.41) is 10.0. The van der Waals surface area contributed by atoms with E-state index in [4.69, 9.17) is 9.47 Å². The summed E-state index contributed by atoms with van der Waals surface area (Å²) in [4.78, 5) is 4.01. The number of ether oxygens (including phenoxy) is 2. The van der Waals surface area contributed by atoms with E-state index in [9.17, 15) is 5.11 Å². The maximum absolute atomic E-state index is 10.0. The summed E-state index contributed by atoms with van der Waals surface area (Å²) < 4.78 is 10.5. The molecule has 4 nitrogen and oxygen atoms in total. The van der Waals surface area contributed by atoms with Crippen molar-refractivity contribution in [3.63, 3.8) is 0 Å². The standard InChI is InChI=1S/C11H15NO3/c1-14-9-5-8(6-12-7-9)11(13)10-3-2-4-15-10/h5-7,10-11,13H,2-4H2,1H3. The lowest BCUT2D eigenvalue weighted by Gasteiger charge is -2.17. The van der Waals surface area contributed by atoms with Gasteiger partial charge in [-0.3, -0.25) is 4.98 Å². The quantitative estimate of drug-likeness (QED) is 0.815. The van der Waals surface area contributed by atoms with Gasteiger partial charge in [-0.05, 0) is 18.9 Å². The van der Waals surface area contributed by atoms with Gasteiger partial charge < -0.3 is 14.6 Å². The van der Waals surface area contributed by atoms with Gasteiger partial charge in [0.2, 0.25) is 0 Å².